The molecule has 0 bridgehead atoms. The van der Waals surface area contributed by atoms with Crippen LogP contribution in [0.5, 0.6) is 0 Å². The summed E-state index contributed by atoms with van der Waals surface area (Å²) in [5.41, 5.74) is 1.23. The number of aromatic nitrogens is 2. The molecule has 0 aromatic carbocycles. The van der Waals surface area contributed by atoms with Crippen LogP contribution < -0.4 is 5.32 Å². The van der Waals surface area contributed by atoms with Crippen molar-refractivity contribution in [3.05, 3.63) is 18.0 Å². The molecule has 0 spiro atoms. The van der Waals surface area contributed by atoms with Gasteiger partial charge in [0.15, 0.2) is 0 Å². The lowest BCUT2D eigenvalue weighted by Gasteiger charge is -2.22. The van der Waals surface area contributed by atoms with E-state index < -0.39 is 0 Å². The van der Waals surface area contributed by atoms with Crippen molar-refractivity contribution in [1.82, 2.24) is 15.1 Å². The maximum absolute atomic E-state index is 4.79. The molecule has 1 heterocycles. The highest BCUT2D eigenvalue weighted by molar-refractivity contribution is 8.00. The molecule has 1 N–H and O–H groups in total. The van der Waals surface area contributed by atoms with E-state index in [1.807, 2.05) is 11.8 Å². The standard InChI is InChI=1S/C16H29N3S/c1-16(2,3)20-12-14(17-4)11-13-9-10-19(18-13)15-7-5-6-8-15/h9-10,14-15,17H,5-8,11-12H2,1-4H3. The topological polar surface area (TPSA) is 29.9 Å². The van der Waals surface area contributed by atoms with E-state index in [9.17, 15) is 0 Å². The Kier molecular flexibility index (Phi) is 5.56. The van der Waals surface area contributed by atoms with E-state index in [0.717, 1.165) is 12.2 Å². The van der Waals surface area contributed by atoms with Crippen LogP contribution in [0.15, 0.2) is 12.3 Å². The van der Waals surface area contributed by atoms with Crippen molar-refractivity contribution in [2.24, 2.45) is 0 Å². The summed E-state index contributed by atoms with van der Waals surface area (Å²) in [5.74, 6) is 1.14. The summed E-state index contributed by atoms with van der Waals surface area (Å²) in [7, 11) is 2.06. The minimum atomic E-state index is 0.332. The molecule has 0 amide bonds. The zero-order chi connectivity index (χ0) is 14.6. The lowest BCUT2D eigenvalue weighted by Crippen LogP contribution is -2.32. The average Bonchev–Trinajstić information content (AvgIpc) is 3.03. The summed E-state index contributed by atoms with van der Waals surface area (Å²) in [6, 6.07) is 3.36. The molecule has 1 aliphatic rings. The smallest absolute Gasteiger partial charge is 0.0640 e. The first-order chi connectivity index (χ1) is 9.48. The Bertz CT molecular complexity index is 402. The highest BCUT2D eigenvalue weighted by atomic mass is 32.2. The minimum absolute atomic E-state index is 0.332. The molecular weight excluding hydrogens is 266 g/mol. The van der Waals surface area contributed by atoms with Gasteiger partial charge in [0.1, 0.15) is 0 Å². The molecule has 114 valence electrons. The van der Waals surface area contributed by atoms with E-state index in [4.69, 9.17) is 5.10 Å². The fraction of sp³-hybridized carbons (Fsp3) is 0.812. The van der Waals surface area contributed by atoms with Crippen LogP contribution in [0.3, 0.4) is 0 Å². The van der Waals surface area contributed by atoms with Gasteiger partial charge in [-0.2, -0.15) is 16.9 Å². The number of hydrogen-bond acceptors (Lipinski definition) is 3. The van der Waals surface area contributed by atoms with Crippen molar-refractivity contribution < 1.29 is 0 Å². The molecule has 1 fully saturated rings. The molecule has 20 heavy (non-hydrogen) atoms. The first-order valence-corrected chi connectivity index (χ1v) is 8.82. The number of likely N-dealkylation sites (N-methyl/N-ethyl adjacent to an activating group) is 1. The highest BCUT2D eigenvalue weighted by Crippen LogP contribution is 2.29. The molecular formula is C16H29N3S. The van der Waals surface area contributed by atoms with Gasteiger partial charge in [-0.15, -0.1) is 0 Å². The van der Waals surface area contributed by atoms with Crippen LogP contribution in [-0.2, 0) is 6.42 Å². The average molecular weight is 295 g/mol. The van der Waals surface area contributed by atoms with Crippen LogP contribution in [0.4, 0.5) is 0 Å². The third kappa shape index (κ3) is 4.81. The highest BCUT2D eigenvalue weighted by Gasteiger charge is 2.19. The molecule has 1 aromatic heterocycles. The molecule has 2 rings (SSSR count). The van der Waals surface area contributed by atoms with Crippen LogP contribution in [0.2, 0.25) is 0 Å². The third-order valence-corrected chi connectivity index (χ3v) is 5.38. The molecule has 0 saturated heterocycles. The van der Waals surface area contributed by atoms with E-state index in [0.29, 0.717) is 16.8 Å². The maximum Gasteiger partial charge on any atom is 0.0640 e. The SMILES string of the molecule is CNC(CSC(C)(C)C)Cc1ccn(C2CCCC2)n1. The monoisotopic (exact) mass is 295 g/mol. The second kappa shape index (κ2) is 6.99. The molecule has 1 unspecified atom stereocenters. The van der Waals surface area contributed by atoms with Gasteiger partial charge < -0.3 is 5.32 Å². The Labute approximate surface area is 127 Å². The Hall–Kier alpha value is -0.480. The normalized spacial score (nSPS) is 18.6. The Balaban J connectivity index is 1.87. The van der Waals surface area contributed by atoms with Crippen molar-refractivity contribution >= 4 is 11.8 Å². The minimum Gasteiger partial charge on any atom is -0.316 e. The molecule has 1 saturated carbocycles. The van der Waals surface area contributed by atoms with Crippen LogP contribution >= 0.6 is 11.8 Å². The first-order valence-electron chi connectivity index (χ1n) is 7.83. The number of rotatable bonds is 6. The lowest BCUT2D eigenvalue weighted by molar-refractivity contribution is 0.460. The van der Waals surface area contributed by atoms with Crippen LogP contribution in [0.1, 0.15) is 58.2 Å². The zero-order valence-electron chi connectivity index (χ0n) is 13.4. The largest absolute Gasteiger partial charge is 0.316 e. The Morgan fingerprint density at radius 3 is 2.70 bits per heavy atom. The predicted octanol–water partition coefficient (Wildman–Crippen LogP) is 3.66. The van der Waals surface area contributed by atoms with Gasteiger partial charge in [-0.25, -0.2) is 0 Å². The van der Waals surface area contributed by atoms with Gasteiger partial charge >= 0.3 is 0 Å². The quantitative estimate of drug-likeness (QED) is 0.868. The van der Waals surface area contributed by atoms with Gasteiger partial charge in [-0.3, -0.25) is 4.68 Å². The zero-order valence-corrected chi connectivity index (χ0v) is 14.2. The third-order valence-electron chi connectivity index (χ3n) is 3.94. The van der Waals surface area contributed by atoms with E-state index in [1.165, 1.54) is 31.4 Å². The number of nitrogens with zero attached hydrogens (tertiary/aromatic N) is 2. The van der Waals surface area contributed by atoms with E-state index in [2.05, 4.69) is 50.1 Å². The van der Waals surface area contributed by atoms with Crippen LogP contribution in [-0.4, -0.2) is 33.4 Å². The van der Waals surface area contributed by atoms with Crippen molar-refractivity contribution in [2.75, 3.05) is 12.8 Å². The van der Waals surface area contributed by atoms with Gasteiger partial charge in [0.25, 0.3) is 0 Å². The van der Waals surface area contributed by atoms with Crippen molar-refractivity contribution in [1.29, 1.82) is 0 Å². The summed E-state index contributed by atoms with van der Waals surface area (Å²) in [6.07, 6.45) is 8.53. The number of thioether (sulfide) groups is 1. The van der Waals surface area contributed by atoms with Gasteiger partial charge in [0.2, 0.25) is 0 Å². The van der Waals surface area contributed by atoms with Gasteiger partial charge in [-0.1, -0.05) is 33.6 Å². The second-order valence-corrected chi connectivity index (χ2v) is 8.69. The molecule has 1 aromatic rings. The summed E-state index contributed by atoms with van der Waals surface area (Å²) in [4.78, 5) is 0. The Morgan fingerprint density at radius 1 is 1.40 bits per heavy atom. The predicted molar refractivity (Wildman–Crippen MR) is 88.5 cm³/mol. The molecule has 3 nitrogen and oxygen atoms in total. The molecule has 0 radical (unpaired) electrons. The van der Waals surface area contributed by atoms with Gasteiger partial charge in [-0.05, 0) is 26.0 Å². The summed E-state index contributed by atoms with van der Waals surface area (Å²) < 4.78 is 2.53. The second-order valence-electron chi connectivity index (χ2n) is 6.84. The van der Waals surface area contributed by atoms with E-state index >= 15 is 0 Å². The Morgan fingerprint density at radius 2 is 2.10 bits per heavy atom. The molecule has 4 heteroatoms. The summed E-state index contributed by atoms with van der Waals surface area (Å²) in [5, 5.41) is 8.22. The fourth-order valence-corrected chi connectivity index (χ4v) is 3.69. The number of nitrogens with one attached hydrogen (secondary N) is 1. The first kappa shape index (κ1) is 15.9. The molecule has 1 aliphatic carbocycles. The number of hydrogen-bond donors (Lipinski definition) is 1. The van der Waals surface area contributed by atoms with Gasteiger partial charge in [0.05, 0.1) is 11.7 Å². The summed E-state index contributed by atoms with van der Waals surface area (Å²) in [6.45, 7) is 6.83. The fourth-order valence-electron chi connectivity index (χ4n) is 2.71. The van der Waals surface area contributed by atoms with Gasteiger partial charge in [0, 0.05) is 29.2 Å². The van der Waals surface area contributed by atoms with Crippen molar-refractivity contribution in [3.8, 4) is 0 Å². The molecule has 1 atom stereocenters. The van der Waals surface area contributed by atoms with Crippen LogP contribution in [0, 0.1) is 0 Å². The lowest BCUT2D eigenvalue weighted by atomic mass is 10.2. The van der Waals surface area contributed by atoms with E-state index in [-0.39, 0.29) is 0 Å². The molecule has 0 aliphatic heterocycles. The van der Waals surface area contributed by atoms with Crippen molar-refractivity contribution in [3.63, 3.8) is 0 Å². The van der Waals surface area contributed by atoms with Crippen molar-refractivity contribution in [2.45, 2.75) is 69.7 Å². The maximum atomic E-state index is 4.79. The van der Waals surface area contributed by atoms with Crippen LogP contribution in [0.25, 0.3) is 0 Å². The summed E-state index contributed by atoms with van der Waals surface area (Å²) >= 11 is 2.02. The van der Waals surface area contributed by atoms with E-state index in [1.54, 1.807) is 0 Å².